The molecule has 0 unspecified atom stereocenters. The second-order valence-electron chi connectivity index (χ2n) is 2.28. The van der Waals surface area contributed by atoms with Gasteiger partial charge in [0.25, 0.3) is 0 Å². The Labute approximate surface area is 91.2 Å². The van der Waals surface area contributed by atoms with Crippen molar-refractivity contribution < 1.29 is 4.79 Å². The second-order valence-corrected chi connectivity index (χ2v) is 19.8. The molecule has 0 aliphatic rings. The van der Waals surface area contributed by atoms with E-state index in [9.17, 15) is 4.79 Å². The van der Waals surface area contributed by atoms with E-state index in [4.69, 9.17) is 26.9 Å². The molecule has 0 bridgehead atoms. The van der Waals surface area contributed by atoms with E-state index in [2.05, 4.69) is 4.98 Å². The van der Waals surface area contributed by atoms with E-state index < -0.39 is 14.8 Å². The SMILES string of the molecule is O=C(C[Te](Cl)(Cl)Cl)c1ccccn1. The molecule has 0 aliphatic carbocycles. The number of carbonyl (C=O) groups excluding carboxylic acids is 1. The summed E-state index contributed by atoms with van der Waals surface area (Å²) in [6.45, 7) is 0. The average molecular weight is 354 g/mol. The van der Waals surface area contributed by atoms with Gasteiger partial charge in [0.1, 0.15) is 0 Å². The fraction of sp³-hybridized carbons (Fsp3) is 0.143. The number of halogens is 3. The molecule has 13 heavy (non-hydrogen) atoms. The van der Waals surface area contributed by atoms with Crippen molar-refractivity contribution >= 4 is 47.5 Å². The van der Waals surface area contributed by atoms with Crippen molar-refractivity contribution in [1.29, 1.82) is 0 Å². The first-order valence-electron chi connectivity index (χ1n) is 3.33. The molecule has 0 fully saturated rings. The van der Waals surface area contributed by atoms with Crippen LogP contribution in [0.4, 0.5) is 0 Å². The number of ketones is 1. The van der Waals surface area contributed by atoms with Crippen molar-refractivity contribution in [3.8, 4) is 0 Å². The van der Waals surface area contributed by atoms with E-state index in [1.807, 2.05) is 0 Å². The van der Waals surface area contributed by atoms with Gasteiger partial charge in [-0.1, -0.05) is 0 Å². The molecule has 0 radical (unpaired) electrons. The Kier molecular flexibility index (Phi) is 4.28. The summed E-state index contributed by atoms with van der Waals surface area (Å²) in [7, 11) is 17.0. The summed E-state index contributed by atoms with van der Waals surface area (Å²) in [5.41, 5.74) is 0.361. The number of carbonyl (C=O) groups is 1. The Morgan fingerprint density at radius 1 is 1.38 bits per heavy atom. The fourth-order valence-electron chi connectivity index (χ4n) is 0.750. The number of rotatable bonds is 3. The molecule has 6 heteroatoms. The number of hydrogen-bond donors (Lipinski definition) is 0. The molecule has 0 spiro atoms. The molecule has 1 heterocycles. The van der Waals surface area contributed by atoms with Crippen LogP contribution in [0.5, 0.6) is 0 Å². The predicted molar refractivity (Wildman–Crippen MR) is 56.7 cm³/mol. The molecule has 0 aliphatic heterocycles. The van der Waals surface area contributed by atoms with Crippen molar-refractivity contribution in [3.63, 3.8) is 0 Å². The van der Waals surface area contributed by atoms with Gasteiger partial charge in [0.2, 0.25) is 0 Å². The van der Waals surface area contributed by atoms with Gasteiger partial charge >= 0.3 is 91.8 Å². The molecule has 0 N–H and O–H groups in total. The van der Waals surface area contributed by atoms with Crippen LogP contribution in [0.3, 0.4) is 0 Å². The number of aromatic nitrogens is 1. The van der Waals surface area contributed by atoms with Crippen LogP contribution in [0.25, 0.3) is 0 Å². The molecular formula is C7H6Cl3NOTe. The van der Waals surface area contributed by atoms with Gasteiger partial charge in [-0.15, -0.1) is 0 Å². The van der Waals surface area contributed by atoms with E-state index in [-0.39, 0.29) is 10.3 Å². The number of nitrogens with zero attached hydrogens (tertiary/aromatic N) is 1. The number of pyridine rings is 1. The summed E-state index contributed by atoms with van der Waals surface area (Å²) in [5, 5.41) is 0. The van der Waals surface area contributed by atoms with Crippen LogP contribution >= 0.6 is 26.9 Å². The Morgan fingerprint density at radius 3 is 2.54 bits per heavy atom. The third kappa shape index (κ3) is 4.49. The van der Waals surface area contributed by atoms with Gasteiger partial charge < -0.3 is 0 Å². The molecule has 2 nitrogen and oxygen atoms in total. The second kappa shape index (κ2) is 4.82. The molecule has 0 amide bonds. The van der Waals surface area contributed by atoms with Gasteiger partial charge in [0.15, 0.2) is 0 Å². The zero-order chi connectivity index (χ0) is 9.90. The Hall–Kier alpha value is 0.480. The topological polar surface area (TPSA) is 30.0 Å². The summed E-state index contributed by atoms with van der Waals surface area (Å²) in [6.07, 6.45) is 1.54. The first-order valence-corrected chi connectivity index (χ1v) is 13.8. The zero-order valence-corrected chi connectivity index (χ0v) is 11.0. The summed E-state index contributed by atoms with van der Waals surface area (Å²) < 4.78 is 0.0319. The predicted octanol–water partition coefficient (Wildman–Crippen LogP) is 2.92. The summed E-state index contributed by atoms with van der Waals surface area (Å²) in [4.78, 5) is 15.3. The van der Waals surface area contributed by atoms with Crippen molar-refractivity contribution in [1.82, 2.24) is 4.98 Å². The molecule has 72 valence electrons. The van der Waals surface area contributed by atoms with Crippen LogP contribution in [0.1, 0.15) is 10.5 Å². The van der Waals surface area contributed by atoms with Gasteiger partial charge in [0.05, 0.1) is 0 Å². The van der Waals surface area contributed by atoms with Crippen LogP contribution in [0.15, 0.2) is 24.4 Å². The normalized spacial score (nSPS) is 12.5. The molecule has 1 aromatic heterocycles. The quantitative estimate of drug-likeness (QED) is 0.617. The number of Topliss-reactive ketones (excluding diaryl/α,β-unsaturated/α-hetero) is 1. The van der Waals surface area contributed by atoms with E-state index in [1.54, 1.807) is 24.4 Å². The van der Waals surface area contributed by atoms with Crippen molar-refractivity contribution in [2.24, 2.45) is 0 Å². The Bertz CT molecular complexity index is 298. The third-order valence-electron chi connectivity index (χ3n) is 1.25. The van der Waals surface area contributed by atoms with E-state index in [0.29, 0.717) is 5.69 Å². The van der Waals surface area contributed by atoms with E-state index in [1.165, 1.54) is 0 Å². The fourth-order valence-corrected chi connectivity index (χ4v) is 4.02. The van der Waals surface area contributed by atoms with Crippen LogP contribution in [0, 0.1) is 0 Å². The summed E-state index contributed by atoms with van der Waals surface area (Å²) in [6, 6.07) is 5.07. The molecule has 0 saturated heterocycles. The molecule has 1 aromatic rings. The maximum atomic E-state index is 11.4. The minimum atomic E-state index is -3.36. The first kappa shape index (κ1) is 11.6. The maximum absolute atomic E-state index is 11.4. The van der Waals surface area contributed by atoms with Crippen molar-refractivity contribution in [3.05, 3.63) is 30.1 Å². The van der Waals surface area contributed by atoms with Crippen LogP contribution in [-0.2, 0) is 0 Å². The zero-order valence-electron chi connectivity index (χ0n) is 6.41. The van der Waals surface area contributed by atoms with Gasteiger partial charge in [-0.3, -0.25) is 0 Å². The van der Waals surface area contributed by atoms with E-state index >= 15 is 0 Å². The van der Waals surface area contributed by atoms with Crippen LogP contribution in [-0.4, -0.2) is 25.6 Å². The molecule has 1 rings (SSSR count). The monoisotopic (exact) mass is 355 g/mol. The molecule has 0 atom stereocenters. The standard InChI is InChI=1S/C7H6Cl3NOTe/c8-13(9,10)5-7(12)6-3-1-2-4-11-6/h1-4H,5H2. The molecule has 0 aromatic carbocycles. The van der Waals surface area contributed by atoms with Gasteiger partial charge in [-0.2, -0.15) is 0 Å². The first-order chi connectivity index (χ1) is 5.99. The van der Waals surface area contributed by atoms with Crippen molar-refractivity contribution in [2.45, 2.75) is 4.47 Å². The van der Waals surface area contributed by atoms with Gasteiger partial charge in [-0.25, -0.2) is 0 Å². The van der Waals surface area contributed by atoms with Gasteiger partial charge in [-0.05, 0) is 0 Å². The van der Waals surface area contributed by atoms with Crippen LogP contribution < -0.4 is 0 Å². The summed E-state index contributed by atoms with van der Waals surface area (Å²) in [5.74, 6) is -0.193. The van der Waals surface area contributed by atoms with Gasteiger partial charge in [0, 0.05) is 0 Å². The van der Waals surface area contributed by atoms with E-state index in [0.717, 1.165) is 0 Å². The Balaban J connectivity index is 2.71. The molecule has 0 saturated carbocycles. The summed E-state index contributed by atoms with van der Waals surface area (Å²) >= 11 is -3.36. The van der Waals surface area contributed by atoms with Crippen molar-refractivity contribution in [2.75, 3.05) is 0 Å². The third-order valence-corrected chi connectivity index (χ3v) is 5.12. The average Bonchev–Trinajstić information content (AvgIpc) is 2.03. The number of hydrogen-bond acceptors (Lipinski definition) is 2. The van der Waals surface area contributed by atoms with Crippen LogP contribution in [0.2, 0.25) is 4.47 Å². The Morgan fingerprint density at radius 2 is 2.08 bits per heavy atom. The molecular weight excluding hydrogens is 348 g/mol. The minimum absolute atomic E-state index is 0.0319.